The van der Waals surface area contributed by atoms with Crippen molar-refractivity contribution in [3.05, 3.63) is 68.7 Å². The number of likely N-dealkylation sites (N-methyl/N-ethyl adjacent to an activating group) is 1. The summed E-state index contributed by atoms with van der Waals surface area (Å²) >= 11 is 6.03. The second-order valence-electron chi connectivity index (χ2n) is 6.52. The van der Waals surface area contributed by atoms with Gasteiger partial charge in [-0.15, -0.1) is 0 Å². The van der Waals surface area contributed by atoms with Crippen LogP contribution in [0.5, 0.6) is 0 Å². The van der Waals surface area contributed by atoms with Crippen LogP contribution >= 0.6 is 11.6 Å². The third-order valence-electron chi connectivity index (χ3n) is 4.60. The zero-order valence-electron chi connectivity index (χ0n) is 15.2. The molecular formula is C19H19ClN4O4. The van der Waals surface area contributed by atoms with E-state index >= 15 is 0 Å². The number of non-ortho nitro benzene ring substituents is 1. The summed E-state index contributed by atoms with van der Waals surface area (Å²) in [6.07, 6.45) is 0. The molecule has 1 heterocycles. The van der Waals surface area contributed by atoms with E-state index in [1.54, 1.807) is 29.2 Å². The lowest BCUT2D eigenvalue weighted by Gasteiger charge is -2.32. The van der Waals surface area contributed by atoms with Crippen LogP contribution in [-0.4, -0.2) is 59.8 Å². The van der Waals surface area contributed by atoms with Crippen LogP contribution in [0, 0.1) is 10.1 Å². The van der Waals surface area contributed by atoms with E-state index in [-0.39, 0.29) is 22.2 Å². The number of hydrogen-bond donors (Lipinski definition) is 1. The van der Waals surface area contributed by atoms with E-state index < -0.39 is 10.8 Å². The lowest BCUT2D eigenvalue weighted by atomic mass is 10.1. The number of rotatable bonds is 4. The van der Waals surface area contributed by atoms with Crippen molar-refractivity contribution in [2.24, 2.45) is 0 Å². The second-order valence-corrected chi connectivity index (χ2v) is 6.92. The Labute approximate surface area is 166 Å². The highest BCUT2D eigenvalue weighted by molar-refractivity contribution is 6.34. The molecule has 0 spiro atoms. The summed E-state index contributed by atoms with van der Waals surface area (Å²) in [5.41, 5.74) is 0.644. The molecule has 0 saturated carbocycles. The Balaban J connectivity index is 1.81. The second kappa shape index (κ2) is 8.37. The first-order valence-electron chi connectivity index (χ1n) is 8.69. The van der Waals surface area contributed by atoms with Gasteiger partial charge in [0.05, 0.1) is 26.8 Å². The van der Waals surface area contributed by atoms with Crippen LogP contribution in [0.1, 0.15) is 20.7 Å². The molecule has 2 amide bonds. The van der Waals surface area contributed by atoms with E-state index in [0.29, 0.717) is 24.3 Å². The first kappa shape index (κ1) is 19.8. The summed E-state index contributed by atoms with van der Waals surface area (Å²) in [5.74, 6) is -0.697. The molecule has 2 aromatic carbocycles. The third-order valence-corrected chi connectivity index (χ3v) is 4.92. The van der Waals surface area contributed by atoms with Crippen molar-refractivity contribution in [2.75, 3.05) is 38.5 Å². The number of piperazine rings is 1. The minimum atomic E-state index is -0.586. The van der Waals surface area contributed by atoms with Gasteiger partial charge in [0.25, 0.3) is 17.5 Å². The number of nitro benzene ring substituents is 1. The number of para-hydroxylation sites is 1. The zero-order valence-corrected chi connectivity index (χ0v) is 16.0. The maximum Gasteiger partial charge on any atom is 0.270 e. The average Bonchev–Trinajstić information content (AvgIpc) is 2.68. The van der Waals surface area contributed by atoms with Crippen molar-refractivity contribution in [3.63, 3.8) is 0 Å². The Kier molecular flexibility index (Phi) is 5.91. The van der Waals surface area contributed by atoms with Gasteiger partial charge in [0, 0.05) is 38.3 Å². The molecule has 1 aliphatic rings. The molecule has 9 heteroatoms. The number of amides is 2. The number of nitro groups is 1. The molecule has 1 fully saturated rings. The molecule has 2 aromatic rings. The van der Waals surface area contributed by atoms with E-state index in [0.717, 1.165) is 19.2 Å². The average molecular weight is 403 g/mol. The monoisotopic (exact) mass is 402 g/mol. The Morgan fingerprint density at radius 1 is 1.07 bits per heavy atom. The molecule has 0 atom stereocenters. The number of carbonyl (C=O) groups excluding carboxylic acids is 2. The number of anilines is 1. The summed E-state index contributed by atoms with van der Waals surface area (Å²) in [6, 6.07) is 10.4. The highest BCUT2D eigenvalue weighted by atomic mass is 35.5. The fraction of sp³-hybridized carbons (Fsp3) is 0.263. The zero-order chi connectivity index (χ0) is 20.3. The van der Waals surface area contributed by atoms with Crippen molar-refractivity contribution in [3.8, 4) is 0 Å². The molecule has 1 saturated heterocycles. The van der Waals surface area contributed by atoms with Crippen LogP contribution in [0.25, 0.3) is 0 Å². The van der Waals surface area contributed by atoms with Crippen molar-refractivity contribution < 1.29 is 14.5 Å². The van der Waals surface area contributed by atoms with Gasteiger partial charge in [-0.3, -0.25) is 19.7 Å². The molecule has 3 rings (SSSR count). The molecule has 8 nitrogen and oxygen atoms in total. The van der Waals surface area contributed by atoms with Gasteiger partial charge in [-0.1, -0.05) is 23.7 Å². The number of hydrogen-bond acceptors (Lipinski definition) is 5. The highest BCUT2D eigenvalue weighted by Crippen LogP contribution is 2.25. The summed E-state index contributed by atoms with van der Waals surface area (Å²) in [7, 11) is 2.00. The Bertz CT molecular complexity index is 926. The summed E-state index contributed by atoms with van der Waals surface area (Å²) in [4.78, 5) is 39.6. The van der Waals surface area contributed by atoms with Gasteiger partial charge in [-0.2, -0.15) is 0 Å². The van der Waals surface area contributed by atoms with E-state index in [4.69, 9.17) is 11.6 Å². The molecule has 1 aliphatic heterocycles. The van der Waals surface area contributed by atoms with Crippen LogP contribution in [0.4, 0.5) is 11.4 Å². The first-order chi connectivity index (χ1) is 13.4. The Morgan fingerprint density at radius 3 is 2.39 bits per heavy atom. The van der Waals surface area contributed by atoms with Gasteiger partial charge >= 0.3 is 0 Å². The van der Waals surface area contributed by atoms with Crippen molar-refractivity contribution in [1.29, 1.82) is 0 Å². The predicted octanol–water partition coefficient (Wildman–Crippen LogP) is 2.89. The van der Waals surface area contributed by atoms with Crippen molar-refractivity contribution in [2.45, 2.75) is 0 Å². The van der Waals surface area contributed by atoms with E-state index in [1.165, 1.54) is 12.1 Å². The molecular weight excluding hydrogens is 384 g/mol. The third kappa shape index (κ3) is 4.29. The standard InChI is InChI=1S/C19H19ClN4O4/c1-22-8-10-23(11-9-22)19(26)15-4-2-3-5-17(15)21-18(25)14-7-6-13(24(27)28)12-16(14)20/h2-7,12H,8-11H2,1H3,(H,21,25). The van der Waals surface area contributed by atoms with Crippen LogP contribution in [-0.2, 0) is 0 Å². The first-order valence-corrected chi connectivity index (χ1v) is 9.07. The normalized spacial score (nSPS) is 14.6. The SMILES string of the molecule is CN1CCN(C(=O)c2ccccc2NC(=O)c2ccc([N+](=O)[O-])cc2Cl)CC1. The number of nitrogens with one attached hydrogen (secondary N) is 1. The fourth-order valence-electron chi connectivity index (χ4n) is 2.95. The van der Waals surface area contributed by atoms with Crippen molar-refractivity contribution in [1.82, 2.24) is 9.80 Å². The molecule has 0 aliphatic carbocycles. The van der Waals surface area contributed by atoms with E-state index in [2.05, 4.69) is 10.2 Å². The van der Waals surface area contributed by atoms with Crippen LogP contribution in [0.15, 0.2) is 42.5 Å². The van der Waals surface area contributed by atoms with E-state index in [9.17, 15) is 19.7 Å². The topological polar surface area (TPSA) is 95.8 Å². The minimum Gasteiger partial charge on any atom is -0.336 e. The summed E-state index contributed by atoms with van der Waals surface area (Å²) < 4.78 is 0. The minimum absolute atomic E-state index is 0.0328. The van der Waals surface area contributed by atoms with Gasteiger partial charge < -0.3 is 15.1 Å². The van der Waals surface area contributed by atoms with Crippen molar-refractivity contribution >= 4 is 34.8 Å². The number of nitrogens with zero attached hydrogens (tertiary/aromatic N) is 3. The van der Waals surface area contributed by atoms with Crippen LogP contribution < -0.4 is 5.32 Å². The van der Waals surface area contributed by atoms with Gasteiger partial charge in [-0.25, -0.2) is 0 Å². The molecule has 0 unspecified atom stereocenters. The number of carbonyl (C=O) groups is 2. The molecule has 0 radical (unpaired) electrons. The molecule has 0 bridgehead atoms. The van der Waals surface area contributed by atoms with E-state index in [1.807, 2.05) is 7.05 Å². The quantitative estimate of drug-likeness (QED) is 0.626. The number of benzene rings is 2. The molecule has 1 N–H and O–H groups in total. The lowest BCUT2D eigenvalue weighted by Crippen LogP contribution is -2.47. The number of halogens is 1. The molecule has 146 valence electrons. The Morgan fingerprint density at radius 2 is 1.75 bits per heavy atom. The summed E-state index contributed by atoms with van der Waals surface area (Å²) in [5, 5.41) is 13.5. The van der Waals surface area contributed by atoms with Gasteiger partial charge in [0.1, 0.15) is 0 Å². The van der Waals surface area contributed by atoms with Gasteiger partial charge in [0.2, 0.25) is 0 Å². The largest absolute Gasteiger partial charge is 0.336 e. The van der Waals surface area contributed by atoms with Crippen LogP contribution in [0.3, 0.4) is 0 Å². The summed E-state index contributed by atoms with van der Waals surface area (Å²) in [6.45, 7) is 2.81. The molecule has 28 heavy (non-hydrogen) atoms. The van der Waals surface area contributed by atoms with Gasteiger partial charge in [-0.05, 0) is 25.2 Å². The van der Waals surface area contributed by atoms with Crippen LogP contribution in [0.2, 0.25) is 5.02 Å². The maximum absolute atomic E-state index is 12.9. The smallest absolute Gasteiger partial charge is 0.270 e. The fourth-order valence-corrected chi connectivity index (χ4v) is 3.21. The maximum atomic E-state index is 12.9. The molecule has 0 aromatic heterocycles. The predicted molar refractivity (Wildman–Crippen MR) is 106 cm³/mol. The lowest BCUT2D eigenvalue weighted by molar-refractivity contribution is -0.384. The Hall–Kier alpha value is -2.97. The highest BCUT2D eigenvalue weighted by Gasteiger charge is 2.23. The van der Waals surface area contributed by atoms with Gasteiger partial charge in [0.15, 0.2) is 0 Å².